The number of benzene rings is 1. The van der Waals surface area contributed by atoms with Crippen molar-refractivity contribution in [3.05, 3.63) is 22.8 Å². The van der Waals surface area contributed by atoms with E-state index in [0.717, 1.165) is 0 Å². The molecule has 1 amide bonds. The van der Waals surface area contributed by atoms with Crippen LogP contribution in [0.5, 0.6) is 5.75 Å². The summed E-state index contributed by atoms with van der Waals surface area (Å²) in [5, 5.41) is 22.8. The first-order valence-corrected chi connectivity index (χ1v) is 12.7. The number of aromatic hydroxyl groups is 1. The van der Waals surface area contributed by atoms with Crippen molar-refractivity contribution in [3.8, 4) is 17.6 Å². The number of carbonyl (C=O) groups is 5. The zero-order valence-corrected chi connectivity index (χ0v) is 22.9. The number of primary amides is 1. The van der Waals surface area contributed by atoms with Crippen LogP contribution in [0.25, 0.3) is 0 Å². The number of aliphatic hydroxyl groups is 1. The van der Waals surface area contributed by atoms with Crippen molar-refractivity contribution in [3.63, 3.8) is 0 Å². The average Bonchev–Trinajstić information content (AvgIpc) is 2.81. The Morgan fingerprint density at radius 2 is 1.74 bits per heavy atom. The number of fused-ring (bicyclic) bond motifs is 3. The van der Waals surface area contributed by atoms with Crippen LogP contribution >= 0.6 is 0 Å². The summed E-state index contributed by atoms with van der Waals surface area (Å²) in [7, 11) is 10.4. The maximum Gasteiger partial charge on any atom is 0.235 e. The first-order chi connectivity index (χ1) is 18.1. The number of anilines is 1. The molecule has 3 aliphatic rings. The monoisotopic (exact) mass is 538 g/mol. The van der Waals surface area contributed by atoms with E-state index < -0.39 is 64.4 Å². The maximum atomic E-state index is 14.0. The topological polar surface area (TPSA) is 162 Å². The zero-order valence-electron chi connectivity index (χ0n) is 22.9. The zero-order chi connectivity index (χ0) is 29.1. The number of hydrogen-bond donors (Lipinski definition) is 3. The lowest BCUT2D eigenvalue weighted by Crippen LogP contribution is -2.74. The minimum atomic E-state index is -2.75. The van der Waals surface area contributed by atoms with E-state index in [0.29, 0.717) is 17.8 Å². The minimum Gasteiger partial charge on any atom is -0.506 e. The minimum absolute atomic E-state index is 0.00190. The van der Waals surface area contributed by atoms with Gasteiger partial charge >= 0.3 is 0 Å². The van der Waals surface area contributed by atoms with E-state index >= 15 is 0 Å². The Kier molecular flexibility index (Phi) is 7.19. The highest BCUT2D eigenvalue weighted by molar-refractivity contribution is 6.32. The molecule has 1 aromatic carbocycles. The third kappa shape index (κ3) is 4.23. The normalized spacial score (nSPS) is 29.9. The second kappa shape index (κ2) is 9.86. The van der Waals surface area contributed by atoms with Crippen molar-refractivity contribution in [1.82, 2.24) is 9.80 Å². The molecule has 4 N–H and O–H groups in total. The summed E-state index contributed by atoms with van der Waals surface area (Å²) in [6.45, 7) is 0.411. The van der Waals surface area contributed by atoms with Crippen molar-refractivity contribution in [2.75, 3.05) is 53.7 Å². The molecule has 0 heterocycles. The van der Waals surface area contributed by atoms with Crippen molar-refractivity contribution in [2.45, 2.75) is 24.5 Å². The van der Waals surface area contributed by atoms with Gasteiger partial charge in [0.2, 0.25) is 5.91 Å². The van der Waals surface area contributed by atoms with E-state index in [1.807, 2.05) is 19.0 Å². The maximum absolute atomic E-state index is 14.0. The molecule has 0 aliphatic heterocycles. The van der Waals surface area contributed by atoms with Crippen LogP contribution in [-0.2, 0) is 25.6 Å². The highest BCUT2D eigenvalue weighted by Crippen LogP contribution is 2.52. The first kappa shape index (κ1) is 28.4. The highest BCUT2D eigenvalue weighted by Gasteiger charge is 2.69. The Hall–Kier alpha value is -3.59. The molecule has 0 saturated heterocycles. The van der Waals surface area contributed by atoms with Crippen molar-refractivity contribution in [1.29, 1.82) is 0 Å². The number of phenolic OH excluding ortho intramolecular Hbond substituents is 1. The van der Waals surface area contributed by atoms with Crippen molar-refractivity contribution >= 4 is 34.7 Å². The number of carbonyl (C=O) groups excluding carboxylic acids is 5. The summed E-state index contributed by atoms with van der Waals surface area (Å²) in [6.07, 6.45) is 0.195. The van der Waals surface area contributed by atoms with Gasteiger partial charge in [0, 0.05) is 25.7 Å². The SMILES string of the molecule is CN(C)CC#Cc1cc(N(C)C)c2c(c1O)C(=O)C1C(=O)[C@@]3(O)C(=O)C(C(N)=O)C(=O)[C@H](N(C)C)[C@H]3C[C@H]1C2. The van der Waals surface area contributed by atoms with Crippen LogP contribution in [0.4, 0.5) is 5.69 Å². The Morgan fingerprint density at radius 1 is 1.10 bits per heavy atom. The molecule has 2 fully saturated rings. The lowest BCUT2D eigenvalue weighted by Gasteiger charge is -2.52. The van der Waals surface area contributed by atoms with Gasteiger partial charge in [0.25, 0.3) is 0 Å². The van der Waals surface area contributed by atoms with Gasteiger partial charge in [-0.3, -0.25) is 33.8 Å². The summed E-state index contributed by atoms with van der Waals surface area (Å²) < 4.78 is 0. The number of nitrogens with two attached hydrogens (primary N) is 1. The molecule has 0 radical (unpaired) electrons. The third-order valence-electron chi connectivity index (χ3n) is 8.14. The Labute approximate surface area is 226 Å². The number of rotatable bonds is 4. The summed E-state index contributed by atoms with van der Waals surface area (Å²) >= 11 is 0. The number of likely N-dealkylation sites (N-methyl/N-ethyl adjacent to an activating group) is 1. The van der Waals surface area contributed by atoms with Gasteiger partial charge in [-0.25, -0.2) is 0 Å². The fourth-order valence-electron chi connectivity index (χ4n) is 6.44. The van der Waals surface area contributed by atoms with Gasteiger partial charge in [-0.2, -0.15) is 0 Å². The largest absolute Gasteiger partial charge is 0.506 e. The summed E-state index contributed by atoms with van der Waals surface area (Å²) in [5.41, 5.74) is 3.93. The van der Waals surface area contributed by atoms with Gasteiger partial charge in [-0.1, -0.05) is 11.8 Å². The lowest BCUT2D eigenvalue weighted by molar-refractivity contribution is -0.181. The quantitative estimate of drug-likeness (QED) is 0.315. The molecule has 0 aromatic heterocycles. The van der Waals surface area contributed by atoms with Gasteiger partial charge in [-0.15, -0.1) is 0 Å². The van der Waals surface area contributed by atoms with Crippen LogP contribution in [0, 0.1) is 35.5 Å². The molecule has 3 aliphatic carbocycles. The van der Waals surface area contributed by atoms with Crippen LogP contribution in [0.2, 0.25) is 0 Å². The molecule has 4 rings (SSSR count). The van der Waals surface area contributed by atoms with Gasteiger partial charge in [0.1, 0.15) is 5.75 Å². The predicted molar refractivity (Wildman–Crippen MR) is 141 cm³/mol. The standard InChI is InChI=1S/C28H34N4O7/c1-30(2)9-7-8-13-12-17(31(3)4)15-10-14-11-16-21(32(5)6)24(35)20(27(29)38)26(37)28(16,39)25(36)18(14)23(34)19(15)22(13)33/h12,14,16,18,20-21,33,39H,9-11H2,1-6H3,(H2,29,38)/t14-,16-,18?,20?,21-,28-/m1/s1. The van der Waals surface area contributed by atoms with Gasteiger partial charge in [-0.05, 0) is 58.6 Å². The molecule has 39 heavy (non-hydrogen) atoms. The molecule has 1 aromatic rings. The lowest BCUT2D eigenvalue weighted by atomic mass is 9.52. The molecular weight excluding hydrogens is 504 g/mol. The summed E-state index contributed by atoms with van der Waals surface area (Å²) in [5.74, 6) is -4.90. The average molecular weight is 539 g/mol. The van der Waals surface area contributed by atoms with Gasteiger partial charge in [0.05, 0.1) is 29.6 Å². The van der Waals surface area contributed by atoms with E-state index in [9.17, 15) is 34.2 Å². The fraction of sp³-hybridized carbons (Fsp3) is 0.536. The molecular formula is C28H34N4O7. The molecule has 2 saturated carbocycles. The van der Waals surface area contributed by atoms with Crippen LogP contribution in [0.1, 0.15) is 27.9 Å². The van der Waals surface area contributed by atoms with Crippen LogP contribution < -0.4 is 10.6 Å². The number of hydrogen-bond acceptors (Lipinski definition) is 10. The highest BCUT2D eigenvalue weighted by atomic mass is 16.3. The van der Waals surface area contributed by atoms with E-state index in [1.165, 1.54) is 4.90 Å². The number of amides is 1. The number of ketones is 4. The van der Waals surface area contributed by atoms with E-state index in [-0.39, 0.29) is 29.7 Å². The van der Waals surface area contributed by atoms with Gasteiger partial charge in [0.15, 0.2) is 34.7 Å². The second-order valence-electron chi connectivity index (χ2n) is 11.4. The van der Waals surface area contributed by atoms with Crippen LogP contribution in [0.3, 0.4) is 0 Å². The fourth-order valence-corrected chi connectivity index (χ4v) is 6.44. The van der Waals surface area contributed by atoms with Crippen molar-refractivity contribution < 1.29 is 34.2 Å². The Bertz CT molecular complexity index is 1360. The number of nitrogens with zero attached hydrogens (tertiary/aromatic N) is 3. The van der Waals surface area contributed by atoms with Crippen LogP contribution in [-0.4, -0.2) is 110 Å². The third-order valence-corrected chi connectivity index (χ3v) is 8.14. The molecule has 11 nitrogen and oxygen atoms in total. The van der Waals surface area contributed by atoms with Gasteiger partial charge < -0.3 is 20.8 Å². The smallest absolute Gasteiger partial charge is 0.235 e. The molecule has 208 valence electrons. The molecule has 0 spiro atoms. The van der Waals surface area contributed by atoms with Crippen molar-refractivity contribution in [2.24, 2.45) is 29.4 Å². The first-order valence-electron chi connectivity index (χ1n) is 12.7. The van der Waals surface area contributed by atoms with Crippen LogP contribution in [0.15, 0.2) is 6.07 Å². The van der Waals surface area contributed by atoms with E-state index in [1.54, 1.807) is 39.2 Å². The Balaban J connectivity index is 1.88. The molecule has 0 bridgehead atoms. The van der Waals surface area contributed by atoms with E-state index in [2.05, 4.69) is 11.8 Å². The molecule has 6 atom stereocenters. The number of phenols is 1. The summed E-state index contributed by atoms with van der Waals surface area (Å²) in [6, 6.07) is 0.557. The molecule has 11 heteroatoms. The Morgan fingerprint density at radius 3 is 2.28 bits per heavy atom. The molecule has 2 unspecified atom stereocenters. The predicted octanol–water partition coefficient (Wildman–Crippen LogP) is -1.15. The second-order valence-corrected chi connectivity index (χ2v) is 11.4. The van der Waals surface area contributed by atoms with E-state index in [4.69, 9.17) is 5.73 Å². The summed E-state index contributed by atoms with van der Waals surface area (Å²) in [4.78, 5) is 71.7. The number of Topliss-reactive ketones (excluding diaryl/α,β-unsaturated/α-hetero) is 4.